The first kappa shape index (κ1) is 13.5. The lowest BCUT2D eigenvalue weighted by molar-refractivity contribution is 0.102. The van der Waals surface area contributed by atoms with Crippen molar-refractivity contribution in [3.05, 3.63) is 53.6 Å². The standard InChI is InChI=1S/C16H14N2O2/c1-3-11-6-4-7-12(10-11)18-16(19)13-8-5-9-14(20-2)15(13)17/h1,4-10H,17H2,2H3,(H,18,19). The molecule has 0 saturated heterocycles. The van der Waals surface area contributed by atoms with Crippen molar-refractivity contribution in [2.45, 2.75) is 0 Å². The Morgan fingerprint density at radius 1 is 1.30 bits per heavy atom. The molecule has 0 aliphatic rings. The van der Waals surface area contributed by atoms with Crippen LogP contribution in [-0.4, -0.2) is 13.0 Å². The number of amides is 1. The molecule has 3 N–H and O–H groups in total. The zero-order chi connectivity index (χ0) is 14.5. The number of nitrogen functional groups attached to an aromatic ring is 1. The van der Waals surface area contributed by atoms with E-state index in [2.05, 4.69) is 11.2 Å². The van der Waals surface area contributed by atoms with Crippen molar-refractivity contribution in [3.8, 4) is 18.1 Å². The van der Waals surface area contributed by atoms with Gasteiger partial charge in [-0.25, -0.2) is 0 Å². The van der Waals surface area contributed by atoms with E-state index in [1.54, 1.807) is 42.5 Å². The number of carbonyl (C=O) groups excluding carboxylic acids is 1. The van der Waals surface area contributed by atoms with Gasteiger partial charge in [0.2, 0.25) is 0 Å². The minimum absolute atomic E-state index is 0.306. The highest BCUT2D eigenvalue weighted by Gasteiger charge is 2.13. The summed E-state index contributed by atoms with van der Waals surface area (Å²) >= 11 is 0. The molecule has 100 valence electrons. The highest BCUT2D eigenvalue weighted by Crippen LogP contribution is 2.25. The number of anilines is 2. The minimum Gasteiger partial charge on any atom is -0.495 e. The number of nitrogens with one attached hydrogen (secondary N) is 1. The van der Waals surface area contributed by atoms with Gasteiger partial charge < -0.3 is 15.8 Å². The van der Waals surface area contributed by atoms with Crippen molar-refractivity contribution in [1.82, 2.24) is 0 Å². The summed E-state index contributed by atoms with van der Waals surface area (Å²) in [6, 6.07) is 12.1. The smallest absolute Gasteiger partial charge is 0.257 e. The number of methoxy groups -OCH3 is 1. The van der Waals surface area contributed by atoms with E-state index in [4.69, 9.17) is 16.9 Å². The van der Waals surface area contributed by atoms with Gasteiger partial charge in [0.1, 0.15) is 5.75 Å². The van der Waals surface area contributed by atoms with Crippen molar-refractivity contribution < 1.29 is 9.53 Å². The Bertz CT molecular complexity index is 687. The van der Waals surface area contributed by atoms with Crippen LogP contribution in [0.4, 0.5) is 11.4 Å². The van der Waals surface area contributed by atoms with Gasteiger partial charge in [0, 0.05) is 11.3 Å². The topological polar surface area (TPSA) is 64.3 Å². The van der Waals surface area contributed by atoms with Crippen LogP contribution in [0.2, 0.25) is 0 Å². The van der Waals surface area contributed by atoms with E-state index in [1.165, 1.54) is 7.11 Å². The third-order valence-electron chi connectivity index (χ3n) is 2.82. The van der Waals surface area contributed by atoms with E-state index >= 15 is 0 Å². The summed E-state index contributed by atoms with van der Waals surface area (Å²) in [5, 5.41) is 2.76. The molecule has 0 spiro atoms. The quantitative estimate of drug-likeness (QED) is 0.662. The van der Waals surface area contributed by atoms with Crippen LogP contribution in [0, 0.1) is 12.3 Å². The molecule has 0 aliphatic carbocycles. The van der Waals surface area contributed by atoms with Gasteiger partial charge in [0.25, 0.3) is 5.91 Å². The Morgan fingerprint density at radius 3 is 2.75 bits per heavy atom. The second-order valence-electron chi connectivity index (χ2n) is 4.10. The van der Waals surface area contributed by atoms with E-state index in [9.17, 15) is 4.79 Å². The van der Waals surface area contributed by atoms with Crippen LogP contribution in [0.25, 0.3) is 0 Å². The molecule has 1 amide bonds. The van der Waals surface area contributed by atoms with E-state index in [0.717, 1.165) is 0 Å². The summed E-state index contributed by atoms with van der Waals surface area (Å²) in [6.07, 6.45) is 5.32. The Morgan fingerprint density at radius 2 is 2.05 bits per heavy atom. The van der Waals surface area contributed by atoms with Crippen molar-refractivity contribution in [2.75, 3.05) is 18.2 Å². The molecule has 0 bridgehead atoms. The van der Waals surface area contributed by atoms with Gasteiger partial charge in [0.05, 0.1) is 18.4 Å². The summed E-state index contributed by atoms with van der Waals surface area (Å²) in [4.78, 5) is 12.2. The van der Waals surface area contributed by atoms with Crippen molar-refractivity contribution in [1.29, 1.82) is 0 Å². The molecular formula is C16H14N2O2. The molecule has 0 radical (unpaired) electrons. The van der Waals surface area contributed by atoms with Gasteiger partial charge in [-0.2, -0.15) is 0 Å². The van der Waals surface area contributed by atoms with Crippen LogP contribution in [0.5, 0.6) is 5.75 Å². The lowest BCUT2D eigenvalue weighted by Gasteiger charge is -2.10. The number of rotatable bonds is 3. The van der Waals surface area contributed by atoms with E-state index in [-0.39, 0.29) is 5.91 Å². The van der Waals surface area contributed by atoms with E-state index in [0.29, 0.717) is 28.3 Å². The molecule has 0 unspecified atom stereocenters. The molecule has 4 nitrogen and oxygen atoms in total. The molecule has 0 aliphatic heterocycles. The van der Waals surface area contributed by atoms with Crippen LogP contribution in [0.1, 0.15) is 15.9 Å². The third-order valence-corrected chi connectivity index (χ3v) is 2.82. The summed E-state index contributed by atoms with van der Waals surface area (Å²) in [6.45, 7) is 0. The number of carbonyl (C=O) groups is 1. The molecule has 2 rings (SSSR count). The maximum atomic E-state index is 12.2. The van der Waals surface area contributed by atoms with Crippen LogP contribution in [0.15, 0.2) is 42.5 Å². The SMILES string of the molecule is C#Cc1cccc(NC(=O)c2cccc(OC)c2N)c1. The predicted molar refractivity (Wildman–Crippen MR) is 79.7 cm³/mol. The maximum Gasteiger partial charge on any atom is 0.257 e. The van der Waals surface area contributed by atoms with E-state index < -0.39 is 0 Å². The third kappa shape index (κ3) is 2.73. The predicted octanol–water partition coefficient (Wildman–Crippen LogP) is 2.51. The molecule has 0 fully saturated rings. The number of para-hydroxylation sites is 1. The molecule has 0 saturated carbocycles. The summed E-state index contributed by atoms with van der Waals surface area (Å²) in [5.41, 5.74) is 7.86. The van der Waals surface area contributed by atoms with Crippen LogP contribution in [0.3, 0.4) is 0 Å². The summed E-state index contributed by atoms with van der Waals surface area (Å²) in [7, 11) is 1.50. The van der Waals surface area contributed by atoms with Gasteiger partial charge >= 0.3 is 0 Å². The van der Waals surface area contributed by atoms with Crippen LogP contribution < -0.4 is 15.8 Å². The zero-order valence-corrected chi connectivity index (χ0v) is 11.0. The van der Waals surface area contributed by atoms with Gasteiger partial charge in [-0.3, -0.25) is 4.79 Å². The second kappa shape index (κ2) is 5.81. The summed E-state index contributed by atoms with van der Waals surface area (Å²) < 4.78 is 5.09. The Kier molecular flexibility index (Phi) is 3.92. The highest BCUT2D eigenvalue weighted by atomic mass is 16.5. The minimum atomic E-state index is -0.310. The number of ether oxygens (including phenoxy) is 1. The average Bonchev–Trinajstić information content (AvgIpc) is 2.47. The van der Waals surface area contributed by atoms with E-state index in [1.807, 2.05) is 0 Å². The number of hydrogen-bond acceptors (Lipinski definition) is 3. The maximum absolute atomic E-state index is 12.2. The fraction of sp³-hybridized carbons (Fsp3) is 0.0625. The number of terminal acetylenes is 1. The first-order valence-electron chi connectivity index (χ1n) is 5.96. The van der Waals surface area contributed by atoms with Gasteiger partial charge in [-0.15, -0.1) is 6.42 Å². The highest BCUT2D eigenvalue weighted by molar-refractivity contribution is 6.08. The van der Waals surface area contributed by atoms with Gasteiger partial charge in [-0.05, 0) is 30.3 Å². The fourth-order valence-electron chi connectivity index (χ4n) is 1.81. The largest absolute Gasteiger partial charge is 0.495 e. The molecule has 2 aromatic rings. The molecule has 0 atom stereocenters. The van der Waals surface area contributed by atoms with Crippen molar-refractivity contribution in [2.24, 2.45) is 0 Å². The molecule has 20 heavy (non-hydrogen) atoms. The zero-order valence-electron chi connectivity index (χ0n) is 11.0. The fourth-order valence-corrected chi connectivity index (χ4v) is 1.81. The normalized spacial score (nSPS) is 9.60. The Labute approximate surface area is 117 Å². The molecule has 4 heteroatoms. The molecular weight excluding hydrogens is 252 g/mol. The first-order valence-corrected chi connectivity index (χ1v) is 5.96. The van der Waals surface area contributed by atoms with Crippen molar-refractivity contribution in [3.63, 3.8) is 0 Å². The Hall–Kier alpha value is -2.93. The summed E-state index contributed by atoms with van der Waals surface area (Å²) in [5.74, 6) is 2.67. The monoisotopic (exact) mass is 266 g/mol. The van der Waals surface area contributed by atoms with Crippen LogP contribution >= 0.6 is 0 Å². The number of hydrogen-bond donors (Lipinski definition) is 2. The van der Waals surface area contributed by atoms with Crippen molar-refractivity contribution >= 4 is 17.3 Å². The first-order chi connectivity index (χ1) is 9.65. The lowest BCUT2D eigenvalue weighted by atomic mass is 10.1. The molecule has 0 aromatic heterocycles. The lowest BCUT2D eigenvalue weighted by Crippen LogP contribution is -2.14. The Balaban J connectivity index is 2.26. The number of benzene rings is 2. The average molecular weight is 266 g/mol. The second-order valence-corrected chi connectivity index (χ2v) is 4.10. The molecule has 2 aromatic carbocycles. The molecule has 0 heterocycles. The number of nitrogens with two attached hydrogens (primary N) is 1. The van der Waals surface area contributed by atoms with Crippen LogP contribution in [-0.2, 0) is 0 Å². The van der Waals surface area contributed by atoms with Gasteiger partial charge in [0.15, 0.2) is 0 Å². The van der Waals surface area contributed by atoms with Gasteiger partial charge in [-0.1, -0.05) is 18.1 Å².